The lowest BCUT2D eigenvalue weighted by Gasteiger charge is -2.44. The number of benzene rings is 1. The van der Waals surface area contributed by atoms with Crippen LogP contribution < -0.4 is 20.1 Å². The van der Waals surface area contributed by atoms with Crippen LogP contribution in [-0.2, 0) is 4.79 Å². The Hall–Kier alpha value is -4.45. The quantitative estimate of drug-likeness (QED) is 0.244. The number of anilines is 1. The molecule has 1 amide bonds. The Kier molecular flexibility index (Phi) is 8.50. The van der Waals surface area contributed by atoms with Crippen molar-refractivity contribution in [1.29, 1.82) is 0 Å². The molecule has 0 radical (unpaired) electrons. The van der Waals surface area contributed by atoms with Crippen molar-refractivity contribution in [3.63, 3.8) is 0 Å². The number of hydrogen-bond acceptors (Lipinski definition) is 8. The summed E-state index contributed by atoms with van der Waals surface area (Å²) in [5, 5.41) is 0.369. The molecule has 2 aliphatic rings. The summed E-state index contributed by atoms with van der Waals surface area (Å²) in [7, 11) is 3.52. The Morgan fingerprint density at radius 2 is 1.79 bits per heavy atom. The highest BCUT2D eigenvalue weighted by Crippen LogP contribution is 2.42. The summed E-state index contributed by atoms with van der Waals surface area (Å²) in [5.41, 5.74) is -0.154. The molecule has 0 saturated carbocycles. The van der Waals surface area contributed by atoms with Crippen LogP contribution in [0.1, 0.15) is 39.3 Å². The van der Waals surface area contributed by atoms with E-state index in [1.807, 2.05) is 32.6 Å². The number of nitrogens with zero attached hydrogens (tertiary/aromatic N) is 6. The normalized spacial score (nSPS) is 20.9. The molecule has 3 aromatic heterocycles. The number of halogens is 3. The third-order valence-electron chi connectivity index (χ3n) is 8.78. The molecular formula is C32H33B2ClF2N6O4. The SMILES string of the molecule is B[C@@H]1Oc2ccnc(C(C)C)c2-n2c(=O)nc(N3C[C@@H](C)N(C(=O)C=C)C[C@@H]3C)c3cc(Cl)c(nc32)-c2c(ccc(F)c2F)O[C@@H]1B. The Morgan fingerprint density at radius 1 is 1.09 bits per heavy atom. The fraction of sp³-hybridized carbons (Fsp3) is 0.344. The molecule has 1 saturated heterocycles. The largest absolute Gasteiger partial charge is 0.496 e. The number of carbonyl (C=O) groups excluding carboxylic acids is 1. The van der Waals surface area contributed by atoms with Crippen LogP contribution in [-0.4, -0.2) is 83.2 Å². The topological polar surface area (TPSA) is 103 Å². The number of hydrogen-bond donors (Lipinski definition) is 0. The monoisotopic (exact) mass is 660 g/mol. The first-order valence-electron chi connectivity index (χ1n) is 15.5. The van der Waals surface area contributed by atoms with Crippen LogP contribution in [0.2, 0.25) is 5.02 Å². The Bertz CT molecular complexity index is 2000. The molecule has 1 aromatic carbocycles. The van der Waals surface area contributed by atoms with Crippen LogP contribution in [0.4, 0.5) is 14.6 Å². The summed E-state index contributed by atoms with van der Waals surface area (Å²) < 4.78 is 44.4. The molecule has 2 aliphatic heterocycles. The van der Waals surface area contributed by atoms with Crippen LogP contribution in [0.25, 0.3) is 28.0 Å². The van der Waals surface area contributed by atoms with Crippen molar-refractivity contribution in [3.05, 3.63) is 76.0 Å². The van der Waals surface area contributed by atoms with Gasteiger partial charge in [-0.15, -0.1) is 0 Å². The van der Waals surface area contributed by atoms with Gasteiger partial charge in [-0.05, 0) is 44.0 Å². The van der Waals surface area contributed by atoms with Gasteiger partial charge in [0.2, 0.25) is 5.91 Å². The number of fused-ring (bicyclic) bond motifs is 5. The van der Waals surface area contributed by atoms with Gasteiger partial charge in [-0.1, -0.05) is 32.0 Å². The van der Waals surface area contributed by atoms with Crippen LogP contribution >= 0.6 is 11.6 Å². The average molecular weight is 661 g/mol. The van der Waals surface area contributed by atoms with Gasteiger partial charge in [0.25, 0.3) is 0 Å². The molecule has 10 nitrogen and oxygen atoms in total. The lowest BCUT2D eigenvalue weighted by molar-refractivity contribution is -0.128. The average Bonchev–Trinajstić information content (AvgIpc) is 3.03. The molecule has 242 valence electrons. The van der Waals surface area contributed by atoms with Gasteiger partial charge in [-0.2, -0.15) is 4.98 Å². The Labute approximate surface area is 277 Å². The summed E-state index contributed by atoms with van der Waals surface area (Å²) >= 11 is 6.88. The van der Waals surface area contributed by atoms with E-state index in [9.17, 15) is 14.0 Å². The molecule has 5 heterocycles. The number of aromatic nitrogens is 4. The fourth-order valence-corrected chi connectivity index (χ4v) is 6.43. The zero-order chi connectivity index (χ0) is 33.9. The maximum atomic E-state index is 15.7. The van der Waals surface area contributed by atoms with E-state index in [-0.39, 0.29) is 57.4 Å². The van der Waals surface area contributed by atoms with Crippen molar-refractivity contribution in [2.24, 2.45) is 0 Å². The minimum Gasteiger partial charge on any atom is -0.496 e. The van der Waals surface area contributed by atoms with Gasteiger partial charge in [0.05, 0.1) is 39.4 Å². The van der Waals surface area contributed by atoms with E-state index < -0.39 is 29.3 Å². The van der Waals surface area contributed by atoms with Gasteiger partial charge in [0.15, 0.2) is 33.0 Å². The first-order valence-corrected chi connectivity index (χ1v) is 15.8. The Morgan fingerprint density at radius 3 is 2.47 bits per heavy atom. The van der Waals surface area contributed by atoms with Crippen molar-refractivity contribution in [1.82, 2.24) is 24.4 Å². The molecule has 0 aliphatic carbocycles. The second kappa shape index (κ2) is 12.3. The smallest absolute Gasteiger partial charge is 0.356 e. The molecule has 0 spiro atoms. The van der Waals surface area contributed by atoms with Gasteiger partial charge in [0, 0.05) is 37.4 Å². The van der Waals surface area contributed by atoms with Crippen molar-refractivity contribution in [2.75, 3.05) is 18.0 Å². The summed E-state index contributed by atoms with van der Waals surface area (Å²) in [5.74, 6) is -2.05. The van der Waals surface area contributed by atoms with Crippen molar-refractivity contribution >= 4 is 50.1 Å². The fourth-order valence-electron chi connectivity index (χ4n) is 6.19. The zero-order valence-electron chi connectivity index (χ0n) is 26.9. The summed E-state index contributed by atoms with van der Waals surface area (Å²) in [4.78, 5) is 44.5. The summed E-state index contributed by atoms with van der Waals surface area (Å²) in [6.45, 7) is 12.0. The van der Waals surface area contributed by atoms with Crippen molar-refractivity contribution in [3.8, 4) is 28.4 Å². The van der Waals surface area contributed by atoms with E-state index >= 15 is 4.39 Å². The third kappa shape index (κ3) is 5.52. The van der Waals surface area contributed by atoms with E-state index in [0.29, 0.717) is 35.6 Å². The van der Waals surface area contributed by atoms with Gasteiger partial charge < -0.3 is 19.3 Å². The van der Waals surface area contributed by atoms with Gasteiger partial charge in [0.1, 0.15) is 23.0 Å². The molecular weight excluding hydrogens is 627 g/mol. The highest BCUT2D eigenvalue weighted by molar-refractivity contribution is 6.34. The number of pyridine rings is 2. The van der Waals surface area contributed by atoms with Crippen LogP contribution in [0.5, 0.6) is 11.5 Å². The minimum atomic E-state index is -1.20. The first-order chi connectivity index (χ1) is 22.3. The number of rotatable bonds is 3. The van der Waals surface area contributed by atoms with E-state index in [0.717, 1.165) is 6.07 Å². The maximum absolute atomic E-state index is 15.7. The number of ether oxygens (including phenoxy) is 2. The molecule has 6 rings (SSSR count). The van der Waals surface area contributed by atoms with Gasteiger partial charge in [-0.25, -0.2) is 23.1 Å². The molecule has 15 heteroatoms. The highest BCUT2D eigenvalue weighted by atomic mass is 35.5. The standard InChI is InChI=1S/C32H33B2ClF2N6O4/c1-6-22(44)41-12-16(5)42(13-15(41)4)30-17-11-18(35)26-23-20(8-7-19(36)24(23)37)46-28(33)29(34)47-21-9-10-38-25(14(2)3)27(21)43(31(17)39-26)32(45)40-30/h6-11,14-16,28-29H,1,12-13,33-34H2,2-5H3/t15-,16+,28+,29-/m1/s1. The molecule has 47 heavy (non-hydrogen) atoms. The molecule has 4 atom stereocenters. The number of piperazine rings is 1. The van der Waals surface area contributed by atoms with Crippen molar-refractivity contribution < 1.29 is 23.0 Å². The van der Waals surface area contributed by atoms with Gasteiger partial charge >= 0.3 is 5.69 Å². The molecule has 2 bridgehead atoms. The van der Waals surface area contributed by atoms with Crippen molar-refractivity contribution in [2.45, 2.75) is 57.7 Å². The van der Waals surface area contributed by atoms with Crippen LogP contribution in [0.15, 0.2) is 47.9 Å². The van der Waals surface area contributed by atoms with E-state index in [2.05, 4.69) is 16.5 Å². The third-order valence-corrected chi connectivity index (χ3v) is 9.07. The number of amides is 1. The summed E-state index contributed by atoms with van der Waals surface area (Å²) in [6.07, 6.45) is 2.88. The van der Waals surface area contributed by atoms with E-state index in [1.54, 1.807) is 38.9 Å². The predicted molar refractivity (Wildman–Crippen MR) is 181 cm³/mol. The second-order valence-electron chi connectivity index (χ2n) is 12.4. The number of carbonyl (C=O) groups is 1. The minimum absolute atomic E-state index is 0.00706. The molecule has 0 unspecified atom stereocenters. The second-order valence-corrected chi connectivity index (χ2v) is 12.8. The summed E-state index contributed by atoms with van der Waals surface area (Å²) in [6, 6.07) is 3.71. The predicted octanol–water partition coefficient (Wildman–Crippen LogP) is 3.20. The van der Waals surface area contributed by atoms with E-state index in [1.165, 1.54) is 16.7 Å². The lowest BCUT2D eigenvalue weighted by atomic mass is 9.82. The maximum Gasteiger partial charge on any atom is 0.356 e. The molecule has 4 aromatic rings. The lowest BCUT2D eigenvalue weighted by Crippen LogP contribution is -2.58. The van der Waals surface area contributed by atoms with Gasteiger partial charge in [-0.3, -0.25) is 9.78 Å². The first kappa shape index (κ1) is 32.5. The highest BCUT2D eigenvalue weighted by Gasteiger charge is 2.35. The van der Waals surface area contributed by atoms with E-state index in [4.69, 9.17) is 26.1 Å². The Balaban J connectivity index is 1.73. The van der Waals surface area contributed by atoms with Crippen LogP contribution in [0.3, 0.4) is 0 Å². The molecule has 0 N–H and O–H groups in total. The molecule has 1 fully saturated rings. The van der Waals surface area contributed by atoms with Crippen LogP contribution in [0, 0.1) is 11.6 Å². The zero-order valence-corrected chi connectivity index (χ0v) is 27.7.